The van der Waals surface area contributed by atoms with Crippen molar-refractivity contribution in [2.45, 2.75) is 43.8 Å². The first-order valence-electron chi connectivity index (χ1n) is 6.34. The predicted octanol–water partition coefficient (Wildman–Crippen LogP) is 1.47. The lowest BCUT2D eigenvalue weighted by atomic mass is 9.87. The summed E-state index contributed by atoms with van der Waals surface area (Å²) in [5, 5.41) is 15.9. The van der Waals surface area contributed by atoms with E-state index in [1.165, 1.54) is 25.7 Å². The molecule has 2 atom stereocenters. The van der Waals surface area contributed by atoms with Crippen LogP contribution in [0.4, 0.5) is 0 Å². The molecule has 5 nitrogen and oxygen atoms in total. The van der Waals surface area contributed by atoms with Crippen LogP contribution in [0.1, 0.15) is 32.6 Å². The highest BCUT2D eigenvalue weighted by Gasteiger charge is 2.17. The van der Waals surface area contributed by atoms with Crippen molar-refractivity contribution in [2.75, 3.05) is 12.3 Å². The molecular formula is C11H21N5S. The van der Waals surface area contributed by atoms with Crippen molar-refractivity contribution < 1.29 is 0 Å². The van der Waals surface area contributed by atoms with Gasteiger partial charge in [-0.3, -0.25) is 0 Å². The first-order valence-corrected chi connectivity index (χ1v) is 7.33. The van der Waals surface area contributed by atoms with E-state index in [-0.39, 0.29) is 0 Å². The number of aromatic nitrogens is 4. The van der Waals surface area contributed by atoms with E-state index in [0.29, 0.717) is 0 Å². The van der Waals surface area contributed by atoms with Gasteiger partial charge >= 0.3 is 0 Å². The molecule has 1 aliphatic rings. The zero-order valence-electron chi connectivity index (χ0n) is 10.6. The number of nitrogens with zero attached hydrogens (tertiary/aromatic N) is 4. The Balaban J connectivity index is 1.61. The molecule has 1 heterocycles. The van der Waals surface area contributed by atoms with Crippen LogP contribution in [0.15, 0.2) is 5.16 Å². The van der Waals surface area contributed by atoms with Crippen molar-refractivity contribution in [3.05, 3.63) is 0 Å². The summed E-state index contributed by atoms with van der Waals surface area (Å²) >= 11 is 1.71. The normalized spacial score (nSPS) is 25.1. The highest BCUT2D eigenvalue weighted by Crippen LogP contribution is 2.23. The summed E-state index contributed by atoms with van der Waals surface area (Å²) in [6.07, 6.45) is 5.44. The summed E-state index contributed by atoms with van der Waals surface area (Å²) < 4.78 is 1.72. The van der Waals surface area contributed by atoms with Gasteiger partial charge in [-0.1, -0.05) is 31.5 Å². The van der Waals surface area contributed by atoms with E-state index in [1.54, 1.807) is 16.4 Å². The van der Waals surface area contributed by atoms with Crippen LogP contribution in [0.3, 0.4) is 0 Å². The van der Waals surface area contributed by atoms with Crippen molar-refractivity contribution in [3.8, 4) is 0 Å². The van der Waals surface area contributed by atoms with E-state index in [4.69, 9.17) is 0 Å². The lowest BCUT2D eigenvalue weighted by molar-refractivity contribution is 0.306. The molecular weight excluding hydrogens is 234 g/mol. The molecule has 0 spiro atoms. The first-order chi connectivity index (χ1) is 8.25. The minimum atomic E-state index is 0.719. The van der Waals surface area contributed by atoms with Gasteiger partial charge in [-0.2, -0.15) is 0 Å². The van der Waals surface area contributed by atoms with Crippen molar-refractivity contribution in [2.24, 2.45) is 13.0 Å². The van der Waals surface area contributed by atoms with Crippen LogP contribution < -0.4 is 5.32 Å². The van der Waals surface area contributed by atoms with Gasteiger partial charge in [0, 0.05) is 25.4 Å². The Kier molecular flexibility index (Phi) is 4.79. The van der Waals surface area contributed by atoms with E-state index < -0.39 is 0 Å². The quantitative estimate of drug-likeness (QED) is 0.638. The summed E-state index contributed by atoms with van der Waals surface area (Å²) in [6, 6.07) is 0.719. The van der Waals surface area contributed by atoms with Crippen LogP contribution in [-0.4, -0.2) is 38.5 Å². The average molecular weight is 255 g/mol. The molecule has 0 aromatic carbocycles. The van der Waals surface area contributed by atoms with Crippen LogP contribution in [0, 0.1) is 5.92 Å². The van der Waals surface area contributed by atoms with Crippen LogP contribution >= 0.6 is 11.8 Å². The molecule has 2 rings (SSSR count). The van der Waals surface area contributed by atoms with E-state index >= 15 is 0 Å². The molecule has 1 N–H and O–H groups in total. The van der Waals surface area contributed by atoms with Gasteiger partial charge in [0.2, 0.25) is 5.16 Å². The molecule has 96 valence electrons. The van der Waals surface area contributed by atoms with Gasteiger partial charge in [0.25, 0.3) is 0 Å². The number of hydrogen-bond acceptors (Lipinski definition) is 5. The number of rotatable bonds is 5. The second-order valence-electron chi connectivity index (χ2n) is 4.86. The van der Waals surface area contributed by atoms with Crippen LogP contribution in [0.5, 0.6) is 0 Å². The Morgan fingerprint density at radius 2 is 2.35 bits per heavy atom. The number of thioether (sulfide) groups is 1. The highest BCUT2D eigenvalue weighted by atomic mass is 32.2. The lowest BCUT2D eigenvalue weighted by Crippen LogP contribution is -2.34. The van der Waals surface area contributed by atoms with Gasteiger partial charge in [0.1, 0.15) is 0 Å². The maximum Gasteiger partial charge on any atom is 0.209 e. The molecule has 1 aromatic heterocycles. The fourth-order valence-corrected chi connectivity index (χ4v) is 3.09. The molecule has 1 saturated carbocycles. The van der Waals surface area contributed by atoms with Gasteiger partial charge in [0.15, 0.2) is 0 Å². The minimum Gasteiger partial charge on any atom is -0.313 e. The van der Waals surface area contributed by atoms with Crippen LogP contribution in [0.2, 0.25) is 0 Å². The molecule has 1 aromatic rings. The number of hydrogen-bond donors (Lipinski definition) is 1. The molecule has 0 bridgehead atoms. The Labute approximate surface area is 107 Å². The average Bonchev–Trinajstić information content (AvgIpc) is 2.71. The monoisotopic (exact) mass is 255 g/mol. The molecule has 0 saturated heterocycles. The maximum absolute atomic E-state index is 3.95. The summed E-state index contributed by atoms with van der Waals surface area (Å²) in [4.78, 5) is 0. The first kappa shape index (κ1) is 12.8. The SMILES string of the molecule is CC1CCCC(NCCSc2nnnn2C)C1. The third-order valence-electron chi connectivity index (χ3n) is 3.28. The Morgan fingerprint density at radius 1 is 1.47 bits per heavy atom. The Hall–Kier alpha value is -0.620. The zero-order chi connectivity index (χ0) is 12.1. The van der Waals surface area contributed by atoms with Crippen molar-refractivity contribution in [1.29, 1.82) is 0 Å². The maximum atomic E-state index is 3.95. The fraction of sp³-hybridized carbons (Fsp3) is 0.909. The summed E-state index contributed by atoms with van der Waals surface area (Å²) in [5.41, 5.74) is 0. The van der Waals surface area contributed by atoms with E-state index in [9.17, 15) is 0 Å². The van der Waals surface area contributed by atoms with E-state index in [1.807, 2.05) is 7.05 Å². The molecule has 0 radical (unpaired) electrons. The number of nitrogens with one attached hydrogen (secondary N) is 1. The highest BCUT2D eigenvalue weighted by molar-refractivity contribution is 7.99. The van der Waals surface area contributed by atoms with Crippen molar-refractivity contribution >= 4 is 11.8 Å². The van der Waals surface area contributed by atoms with Crippen molar-refractivity contribution in [1.82, 2.24) is 25.5 Å². The number of tetrazole rings is 1. The lowest BCUT2D eigenvalue weighted by Gasteiger charge is -2.27. The number of aryl methyl sites for hydroxylation is 1. The summed E-state index contributed by atoms with van der Waals surface area (Å²) in [6.45, 7) is 3.39. The predicted molar refractivity (Wildman–Crippen MR) is 68.9 cm³/mol. The molecule has 0 aliphatic heterocycles. The summed E-state index contributed by atoms with van der Waals surface area (Å²) in [7, 11) is 1.87. The topological polar surface area (TPSA) is 55.6 Å². The third kappa shape index (κ3) is 3.96. The van der Waals surface area contributed by atoms with Gasteiger partial charge in [-0.15, -0.1) is 5.10 Å². The second-order valence-corrected chi connectivity index (χ2v) is 5.92. The standard InChI is InChI=1S/C11H21N5S/c1-9-4-3-5-10(8-9)12-6-7-17-11-13-14-15-16(11)2/h9-10,12H,3-8H2,1-2H3. The molecule has 6 heteroatoms. The van der Waals surface area contributed by atoms with Crippen LogP contribution in [-0.2, 0) is 7.05 Å². The Morgan fingerprint density at radius 3 is 3.06 bits per heavy atom. The minimum absolute atomic E-state index is 0.719. The van der Waals surface area contributed by atoms with Gasteiger partial charge < -0.3 is 5.32 Å². The summed E-state index contributed by atoms with van der Waals surface area (Å²) in [5.74, 6) is 1.91. The molecule has 1 aliphatic carbocycles. The molecule has 17 heavy (non-hydrogen) atoms. The Bertz CT molecular complexity index is 340. The third-order valence-corrected chi connectivity index (χ3v) is 4.30. The second kappa shape index (κ2) is 6.35. The molecule has 1 fully saturated rings. The van der Waals surface area contributed by atoms with Gasteiger partial charge in [-0.25, -0.2) is 4.68 Å². The van der Waals surface area contributed by atoms with Gasteiger partial charge in [-0.05, 0) is 29.2 Å². The van der Waals surface area contributed by atoms with Crippen molar-refractivity contribution in [3.63, 3.8) is 0 Å². The molecule has 0 amide bonds. The largest absolute Gasteiger partial charge is 0.313 e. The van der Waals surface area contributed by atoms with E-state index in [0.717, 1.165) is 29.4 Å². The van der Waals surface area contributed by atoms with E-state index in [2.05, 4.69) is 27.8 Å². The smallest absolute Gasteiger partial charge is 0.209 e. The fourth-order valence-electron chi connectivity index (χ4n) is 2.37. The molecule has 2 unspecified atom stereocenters. The van der Waals surface area contributed by atoms with Crippen LogP contribution in [0.25, 0.3) is 0 Å². The van der Waals surface area contributed by atoms with Gasteiger partial charge in [0.05, 0.1) is 0 Å². The zero-order valence-corrected chi connectivity index (χ0v) is 11.4.